The first-order chi connectivity index (χ1) is 35.8. The zero-order valence-electron chi connectivity index (χ0n) is 46.6. The molecule has 0 aliphatic rings. The Hall–Kier alpha value is -3.76. The molecule has 0 amide bonds. The van der Waals surface area contributed by atoms with Crippen LogP contribution in [0.3, 0.4) is 0 Å². The molecular weight excluding hydrogens is 1060 g/mol. The van der Waals surface area contributed by atoms with Gasteiger partial charge in [0.1, 0.15) is 0 Å². The maximum atomic E-state index is 14.6. The summed E-state index contributed by atoms with van der Waals surface area (Å²) in [5.74, 6) is -2.04. The first-order valence-electron chi connectivity index (χ1n) is 29.2. The first-order valence-corrected chi connectivity index (χ1v) is 30.8. The van der Waals surface area contributed by atoms with E-state index in [-0.39, 0.29) is 46.7 Å². The van der Waals surface area contributed by atoms with Crippen LogP contribution < -0.4 is 0 Å². The molecule has 0 spiro atoms. The second kappa shape index (κ2) is 32.1. The molecule has 0 aromatic heterocycles. The lowest BCUT2D eigenvalue weighted by atomic mass is 9.84. The molecule has 5 aromatic carbocycles. The topological polar surface area (TPSA) is 105 Å². The molecule has 0 radical (unpaired) electrons. The number of carbonyl (C=O) groups is 4. The standard InChI is InChI=1S/C64H90Br2O8/c1-9-13-17-21-25-29-33-43(5)71-61(67)49-39-37-47-58-54(66)42-52(64(70)74-46(8)36-32-28-24-20-16-12-4)56-50(62(68)72-44(6)34-30-26-22-18-14-10-2)40-38-48(60(56)58)57-53(65)41-51(55(49)59(47)57)63(69)73-45(7)35-31-27-23-19-15-11-3/h37-46H,9-36H2,1-8H3. The predicted molar refractivity (Wildman–Crippen MR) is 315 cm³/mol. The SMILES string of the molecule is CCCCCCCCC(C)OC(=O)c1ccc2c3c(Br)cc(C(=O)OC(C)CCCCCCCC)c4c(C(=O)OC(C)CCCCCCCC)ccc(c5c(Br)cc(C(=O)OC(C)CCCCCCCC)c1c25)c43. The van der Waals surface area contributed by atoms with Gasteiger partial charge in [0.25, 0.3) is 0 Å². The highest BCUT2D eigenvalue weighted by atomic mass is 79.9. The fourth-order valence-corrected chi connectivity index (χ4v) is 12.0. The molecule has 0 fully saturated rings. The minimum Gasteiger partial charge on any atom is -0.459 e. The van der Waals surface area contributed by atoms with Gasteiger partial charge in [0, 0.05) is 41.3 Å². The van der Waals surface area contributed by atoms with E-state index in [1.54, 1.807) is 24.3 Å². The molecule has 0 bridgehead atoms. The molecular formula is C64H90Br2O8. The van der Waals surface area contributed by atoms with Crippen LogP contribution in [0.4, 0.5) is 0 Å². The Balaban J connectivity index is 1.66. The molecule has 0 saturated heterocycles. The number of ether oxygens (including phenoxy) is 4. The molecule has 0 heterocycles. The van der Waals surface area contributed by atoms with Gasteiger partial charge in [-0.25, -0.2) is 19.2 Å². The number of carbonyl (C=O) groups excluding carboxylic acids is 4. The average Bonchev–Trinajstić information content (AvgIpc) is 3.37. The lowest BCUT2D eigenvalue weighted by Crippen LogP contribution is -2.19. The highest BCUT2D eigenvalue weighted by Crippen LogP contribution is 2.49. The quantitative estimate of drug-likeness (QED) is 0.0128. The van der Waals surface area contributed by atoms with E-state index in [4.69, 9.17) is 18.9 Å². The zero-order chi connectivity index (χ0) is 53.6. The molecule has 4 unspecified atom stereocenters. The van der Waals surface area contributed by atoms with Gasteiger partial charge in [0.15, 0.2) is 0 Å². The van der Waals surface area contributed by atoms with Crippen LogP contribution in [-0.4, -0.2) is 48.3 Å². The highest BCUT2D eigenvalue weighted by molar-refractivity contribution is 9.11. The van der Waals surface area contributed by atoms with Crippen molar-refractivity contribution in [1.82, 2.24) is 0 Å². The van der Waals surface area contributed by atoms with Gasteiger partial charge in [-0.15, -0.1) is 0 Å². The molecule has 74 heavy (non-hydrogen) atoms. The monoisotopic (exact) mass is 1140 g/mol. The molecule has 408 valence electrons. The first kappa shape index (κ1) is 61.1. The Morgan fingerprint density at radius 2 is 0.581 bits per heavy atom. The lowest BCUT2D eigenvalue weighted by Gasteiger charge is -2.23. The smallest absolute Gasteiger partial charge is 0.339 e. The Labute approximate surface area is 461 Å². The minimum atomic E-state index is -0.515. The fourth-order valence-electron chi connectivity index (χ4n) is 10.7. The summed E-state index contributed by atoms with van der Waals surface area (Å²) < 4.78 is 26.1. The van der Waals surface area contributed by atoms with Crippen LogP contribution in [0.25, 0.3) is 43.1 Å². The van der Waals surface area contributed by atoms with E-state index in [0.717, 1.165) is 124 Å². The van der Waals surface area contributed by atoms with E-state index in [0.29, 0.717) is 30.5 Å². The van der Waals surface area contributed by atoms with Crippen molar-refractivity contribution in [3.63, 3.8) is 0 Å². The molecule has 0 aliphatic carbocycles. The molecule has 8 nitrogen and oxygen atoms in total. The molecule has 0 N–H and O–H groups in total. The van der Waals surface area contributed by atoms with E-state index in [2.05, 4.69) is 59.6 Å². The van der Waals surface area contributed by atoms with E-state index in [1.165, 1.54) is 77.0 Å². The van der Waals surface area contributed by atoms with Crippen molar-refractivity contribution in [3.8, 4) is 0 Å². The largest absolute Gasteiger partial charge is 0.459 e. The summed E-state index contributed by atoms with van der Waals surface area (Å²) in [5, 5.41) is 5.14. The van der Waals surface area contributed by atoms with Crippen molar-refractivity contribution in [1.29, 1.82) is 0 Å². The Bertz CT molecular complexity index is 2390. The van der Waals surface area contributed by atoms with Gasteiger partial charge in [-0.1, -0.05) is 200 Å². The lowest BCUT2D eigenvalue weighted by molar-refractivity contribution is 0.0303. The second-order valence-electron chi connectivity index (χ2n) is 21.5. The highest BCUT2D eigenvalue weighted by Gasteiger charge is 2.31. The predicted octanol–water partition coefficient (Wildman–Crippen LogP) is 20.4. The molecule has 4 atom stereocenters. The third kappa shape index (κ3) is 17.1. The van der Waals surface area contributed by atoms with E-state index < -0.39 is 23.9 Å². The van der Waals surface area contributed by atoms with E-state index >= 15 is 0 Å². The van der Waals surface area contributed by atoms with Crippen LogP contribution in [0.2, 0.25) is 0 Å². The van der Waals surface area contributed by atoms with Crippen molar-refractivity contribution in [2.75, 3.05) is 0 Å². The number of benzene rings is 5. The van der Waals surface area contributed by atoms with Gasteiger partial charge in [0.2, 0.25) is 0 Å². The Morgan fingerprint density at radius 1 is 0.338 bits per heavy atom. The molecule has 0 saturated carbocycles. The number of fused-ring (bicyclic) bond motifs is 2. The number of unbranched alkanes of at least 4 members (excludes halogenated alkanes) is 20. The van der Waals surface area contributed by atoms with Crippen LogP contribution in [0.15, 0.2) is 45.3 Å². The summed E-state index contributed by atoms with van der Waals surface area (Å²) >= 11 is 7.84. The summed E-state index contributed by atoms with van der Waals surface area (Å²) in [5.41, 5.74) is 1.07. The normalized spacial score (nSPS) is 13.4. The number of rotatable bonds is 36. The number of hydrogen-bond acceptors (Lipinski definition) is 8. The summed E-state index contributed by atoms with van der Waals surface area (Å²) in [6.45, 7) is 16.6. The van der Waals surface area contributed by atoms with Crippen LogP contribution in [-0.2, 0) is 18.9 Å². The summed E-state index contributed by atoms with van der Waals surface area (Å²) in [4.78, 5) is 58.4. The van der Waals surface area contributed by atoms with Gasteiger partial charge in [-0.2, -0.15) is 0 Å². The van der Waals surface area contributed by atoms with Gasteiger partial charge < -0.3 is 18.9 Å². The summed E-state index contributed by atoms with van der Waals surface area (Å²) in [6, 6.07) is 10.8. The van der Waals surface area contributed by atoms with Gasteiger partial charge in [-0.05, 0) is 114 Å². The van der Waals surface area contributed by atoms with Gasteiger partial charge >= 0.3 is 23.9 Å². The summed E-state index contributed by atoms with van der Waals surface area (Å²) in [7, 11) is 0. The van der Waals surface area contributed by atoms with Crippen LogP contribution in [0.5, 0.6) is 0 Å². The number of hydrogen-bond donors (Lipinski definition) is 0. The number of esters is 4. The third-order valence-electron chi connectivity index (χ3n) is 15.0. The second-order valence-corrected chi connectivity index (χ2v) is 23.2. The van der Waals surface area contributed by atoms with Crippen molar-refractivity contribution >= 4 is 98.8 Å². The Morgan fingerprint density at radius 3 is 0.851 bits per heavy atom. The molecule has 5 aromatic rings. The van der Waals surface area contributed by atoms with Crippen molar-refractivity contribution in [2.24, 2.45) is 0 Å². The van der Waals surface area contributed by atoms with Crippen molar-refractivity contribution < 1.29 is 38.1 Å². The van der Waals surface area contributed by atoms with Gasteiger partial charge in [0.05, 0.1) is 46.7 Å². The minimum absolute atomic E-state index is 0.262. The Kier molecular flexibility index (Phi) is 26.5. The fraction of sp³-hybridized carbons (Fsp3) is 0.625. The van der Waals surface area contributed by atoms with E-state index in [9.17, 15) is 19.2 Å². The molecule has 10 heteroatoms. The van der Waals surface area contributed by atoms with Crippen LogP contribution >= 0.6 is 31.9 Å². The van der Waals surface area contributed by atoms with Crippen molar-refractivity contribution in [2.45, 2.75) is 260 Å². The van der Waals surface area contributed by atoms with Crippen LogP contribution in [0, 0.1) is 0 Å². The maximum Gasteiger partial charge on any atom is 0.339 e. The number of halogens is 2. The van der Waals surface area contributed by atoms with Crippen molar-refractivity contribution in [3.05, 3.63) is 67.6 Å². The average molecular weight is 1150 g/mol. The van der Waals surface area contributed by atoms with E-state index in [1.807, 2.05) is 39.8 Å². The third-order valence-corrected chi connectivity index (χ3v) is 16.2. The van der Waals surface area contributed by atoms with Crippen LogP contribution in [0.1, 0.15) is 277 Å². The molecule has 5 rings (SSSR count). The summed E-state index contributed by atoms with van der Waals surface area (Å²) in [6.07, 6.45) is 28.9. The maximum absolute atomic E-state index is 14.6. The molecule has 0 aliphatic heterocycles. The zero-order valence-corrected chi connectivity index (χ0v) is 49.8. The van der Waals surface area contributed by atoms with Gasteiger partial charge in [-0.3, -0.25) is 0 Å².